The fraction of sp³-hybridized carbons (Fsp3) is 0.200. The molecule has 0 saturated carbocycles. The fourth-order valence-electron chi connectivity index (χ4n) is 0.561. The summed E-state index contributed by atoms with van der Waals surface area (Å²) in [6.07, 6.45) is 1.82. The molecule has 3 nitrogen and oxygen atoms in total. The molecule has 0 fully saturated rings. The van der Waals surface area contributed by atoms with Gasteiger partial charge >= 0.3 is 0 Å². The number of nitrogens with zero attached hydrogens (tertiary/aromatic N) is 1. The average Bonchev–Trinajstić information content (AvgIpc) is 1.98. The van der Waals surface area contributed by atoms with Gasteiger partial charge in [-0.15, -0.1) is 0 Å². The van der Waals surface area contributed by atoms with Gasteiger partial charge in [-0.2, -0.15) is 0 Å². The largest absolute Gasteiger partial charge is 0.396 e. The maximum Gasteiger partial charge on any atom is 0.126 e. The van der Waals surface area contributed by atoms with E-state index in [-0.39, 0.29) is 0 Å². The van der Waals surface area contributed by atoms with E-state index in [1.165, 1.54) is 0 Å². The molecule has 0 bridgehead atoms. The molecule has 0 saturated heterocycles. The molecular weight excluding hydrogens is 102 g/mol. The second-order valence-electron chi connectivity index (χ2n) is 1.77. The van der Waals surface area contributed by atoms with Gasteiger partial charge in [0.15, 0.2) is 0 Å². The van der Waals surface area contributed by atoms with Gasteiger partial charge in [-0.05, 0) is 6.07 Å². The Morgan fingerprint density at radius 3 is 2.25 bits per heavy atom. The molecule has 0 spiro atoms. The van der Waals surface area contributed by atoms with Crippen molar-refractivity contribution in [1.29, 1.82) is 0 Å². The monoisotopic (exact) mass is 111 g/mol. The zero-order chi connectivity index (χ0) is 6.15. The summed E-state index contributed by atoms with van der Waals surface area (Å²) >= 11 is 0. The lowest BCUT2D eigenvalue weighted by atomic mass is 10.5. The van der Waals surface area contributed by atoms with Crippen molar-refractivity contribution in [3.63, 3.8) is 0 Å². The van der Waals surface area contributed by atoms with Crippen molar-refractivity contribution in [2.45, 2.75) is 0 Å². The minimum absolute atomic E-state index is 0.630. The van der Waals surface area contributed by atoms with E-state index in [9.17, 15) is 0 Å². The molecule has 0 aliphatic heterocycles. The molecule has 0 aliphatic carbocycles. The van der Waals surface area contributed by atoms with Crippen LogP contribution in [-0.2, 0) is 7.05 Å². The van der Waals surface area contributed by atoms with Crippen LogP contribution in [0.15, 0.2) is 12.3 Å². The van der Waals surface area contributed by atoms with Crippen LogP contribution in [0, 0.1) is 0 Å². The van der Waals surface area contributed by atoms with Gasteiger partial charge in [-0.1, -0.05) is 0 Å². The molecule has 0 aliphatic rings. The van der Waals surface area contributed by atoms with Crippen LogP contribution < -0.4 is 11.5 Å². The molecule has 4 N–H and O–H groups in total. The first-order valence-electron chi connectivity index (χ1n) is 2.38. The van der Waals surface area contributed by atoms with E-state index in [1.807, 2.05) is 13.2 Å². The predicted octanol–water partition coefficient (Wildman–Crippen LogP) is 0.190. The highest BCUT2D eigenvalue weighted by Gasteiger charge is 1.93. The highest BCUT2D eigenvalue weighted by atomic mass is 15.0. The fourth-order valence-corrected chi connectivity index (χ4v) is 0.561. The molecule has 1 heterocycles. The number of aromatic nitrogens is 1. The van der Waals surface area contributed by atoms with Gasteiger partial charge in [0.2, 0.25) is 0 Å². The van der Waals surface area contributed by atoms with E-state index in [0.717, 1.165) is 0 Å². The molecule has 0 aromatic carbocycles. The lowest BCUT2D eigenvalue weighted by molar-refractivity contribution is 0.942. The number of rotatable bonds is 0. The summed E-state index contributed by atoms with van der Waals surface area (Å²) in [7, 11) is 1.85. The Morgan fingerprint density at radius 1 is 1.50 bits per heavy atom. The van der Waals surface area contributed by atoms with Gasteiger partial charge < -0.3 is 16.0 Å². The Balaban J connectivity index is 3.19. The first-order valence-corrected chi connectivity index (χ1v) is 2.38. The van der Waals surface area contributed by atoms with Gasteiger partial charge in [0.1, 0.15) is 5.82 Å². The quantitative estimate of drug-likeness (QED) is 0.502. The zero-order valence-electron chi connectivity index (χ0n) is 4.76. The molecule has 1 aromatic rings. The average molecular weight is 111 g/mol. The third-order valence-corrected chi connectivity index (χ3v) is 1.15. The highest BCUT2D eigenvalue weighted by molar-refractivity contribution is 5.59. The van der Waals surface area contributed by atoms with Crippen LogP contribution in [0.4, 0.5) is 11.5 Å². The van der Waals surface area contributed by atoms with Gasteiger partial charge in [0.25, 0.3) is 0 Å². The third-order valence-electron chi connectivity index (χ3n) is 1.15. The van der Waals surface area contributed by atoms with Crippen LogP contribution in [0.2, 0.25) is 0 Å². The summed E-state index contributed by atoms with van der Waals surface area (Å²) in [6, 6.07) is 1.77. The number of hydrogen-bond acceptors (Lipinski definition) is 2. The Labute approximate surface area is 47.9 Å². The molecule has 0 radical (unpaired) electrons. The minimum atomic E-state index is 0.630. The van der Waals surface area contributed by atoms with Crippen LogP contribution in [-0.4, -0.2) is 4.57 Å². The van der Waals surface area contributed by atoms with E-state index >= 15 is 0 Å². The minimum Gasteiger partial charge on any atom is -0.396 e. The van der Waals surface area contributed by atoms with Gasteiger partial charge in [-0.25, -0.2) is 0 Å². The smallest absolute Gasteiger partial charge is 0.126 e. The maximum absolute atomic E-state index is 5.44. The van der Waals surface area contributed by atoms with Crippen LogP contribution >= 0.6 is 0 Å². The molecule has 8 heavy (non-hydrogen) atoms. The topological polar surface area (TPSA) is 57.0 Å². The first-order chi connectivity index (χ1) is 3.72. The summed E-state index contributed by atoms with van der Waals surface area (Å²) in [5, 5.41) is 0. The summed E-state index contributed by atoms with van der Waals surface area (Å²) in [4.78, 5) is 0. The second kappa shape index (κ2) is 1.43. The van der Waals surface area contributed by atoms with Gasteiger partial charge in [0.05, 0.1) is 5.69 Å². The molecule has 0 atom stereocenters. The van der Waals surface area contributed by atoms with Gasteiger partial charge in [-0.3, -0.25) is 0 Å². The maximum atomic E-state index is 5.44. The zero-order valence-corrected chi connectivity index (χ0v) is 4.76. The lowest BCUT2D eigenvalue weighted by Gasteiger charge is -1.93. The second-order valence-corrected chi connectivity index (χ2v) is 1.77. The molecule has 1 rings (SSSR count). The van der Waals surface area contributed by atoms with Crippen LogP contribution in [0.3, 0.4) is 0 Å². The van der Waals surface area contributed by atoms with Crippen molar-refractivity contribution >= 4 is 11.5 Å². The number of nitrogens with two attached hydrogens (primary N) is 2. The van der Waals surface area contributed by atoms with E-state index < -0.39 is 0 Å². The van der Waals surface area contributed by atoms with Crippen molar-refractivity contribution < 1.29 is 0 Å². The molecule has 1 aromatic heterocycles. The van der Waals surface area contributed by atoms with Crippen molar-refractivity contribution in [2.75, 3.05) is 11.5 Å². The van der Waals surface area contributed by atoms with Crippen molar-refractivity contribution in [3.8, 4) is 0 Å². The van der Waals surface area contributed by atoms with Crippen LogP contribution in [0.5, 0.6) is 0 Å². The van der Waals surface area contributed by atoms with Crippen LogP contribution in [0.1, 0.15) is 0 Å². The predicted molar refractivity (Wildman–Crippen MR) is 34.2 cm³/mol. The molecule has 0 amide bonds. The van der Waals surface area contributed by atoms with Crippen molar-refractivity contribution in [1.82, 2.24) is 4.57 Å². The third kappa shape index (κ3) is 0.521. The number of aryl methyl sites for hydroxylation is 1. The van der Waals surface area contributed by atoms with E-state index in [1.54, 1.807) is 10.6 Å². The molecular formula is C5H9N3. The Hall–Kier alpha value is -1.12. The summed E-state index contributed by atoms with van der Waals surface area (Å²) < 4.78 is 1.77. The molecule has 44 valence electrons. The Bertz CT molecular complexity index is 170. The van der Waals surface area contributed by atoms with Crippen LogP contribution in [0.25, 0.3) is 0 Å². The van der Waals surface area contributed by atoms with Crippen molar-refractivity contribution in [2.24, 2.45) is 7.05 Å². The normalized spacial score (nSPS) is 9.62. The van der Waals surface area contributed by atoms with E-state index in [2.05, 4.69) is 0 Å². The van der Waals surface area contributed by atoms with Crippen molar-refractivity contribution in [3.05, 3.63) is 12.3 Å². The van der Waals surface area contributed by atoms with E-state index in [4.69, 9.17) is 11.5 Å². The summed E-state index contributed by atoms with van der Waals surface area (Å²) in [5.74, 6) is 0.630. The van der Waals surface area contributed by atoms with E-state index in [0.29, 0.717) is 11.5 Å². The Morgan fingerprint density at radius 2 is 2.12 bits per heavy atom. The Kier molecular flexibility index (Phi) is 0.901. The first kappa shape index (κ1) is 5.03. The molecule has 0 unspecified atom stereocenters. The number of nitrogen functional groups attached to an aromatic ring is 2. The molecule has 3 heteroatoms. The van der Waals surface area contributed by atoms with Gasteiger partial charge in [0, 0.05) is 13.2 Å². The highest BCUT2D eigenvalue weighted by Crippen LogP contribution is 2.12. The SMILES string of the molecule is Cn1ccc(N)c1N. The summed E-state index contributed by atoms with van der Waals surface area (Å²) in [5.41, 5.74) is 11.5. The standard InChI is InChI=1S/C5H9N3/c1-8-3-2-4(6)5(8)7/h2-3H,6-7H2,1H3. The number of hydrogen-bond donors (Lipinski definition) is 2. The summed E-state index contributed by atoms with van der Waals surface area (Å²) in [6.45, 7) is 0. The number of anilines is 2. The lowest BCUT2D eigenvalue weighted by Crippen LogP contribution is -1.97.